The molecule has 0 spiro atoms. The number of aliphatic carboxylic acids is 2. The summed E-state index contributed by atoms with van der Waals surface area (Å²) in [5, 5.41) is 20.2. The van der Waals surface area contributed by atoms with E-state index in [4.69, 9.17) is 19.8 Å². The molecule has 2 aliphatic heterocycles. The third-order valence-electron chi connectivity index (χ3n) is 4.48. The molecule has 3 rings (SSSR count). The maximum absolute atomic E-state index is 12.7. The summed E-state index contributed by atoms with van der Waals surface area (Å²) in [6.07, 6.45) is 7.73. The Morgan fingerprint density at radius 3 is 2.41 bits per heavy atom. The Labute approximate surface area is 162 Å². The number of pyridine rings is 1. The van der Waals surface area contributed by atoms with Crippen molar-refractivity contribution in [1.29, 1.82) is 0 Å². The van der Waals surface area contributed by atoms with E-state index in [-0.39, 0.29) is 5.91 Å². The van der Waals surface area contributed by atoms with E-state index in [1.165, 1.54) is 32.4 Å². The molecule has 27 heavy (non-hydrogen) atoms. The van der Waals surface area contributed by atoms with Gasteiger partial charge in [0.1, 0.15) is 5.03 Å². The fourth-order valence-electron chi connectivity index (χ4n) is 3.09. The smallest absolute Gasteiger partial charge is 0.351 e. The van der Waals surface area contributed by atoms with Crippen LogP contribution in [0.5, 0.6) is 0 Å². The van der Waals surface area contributed by atoms with Crippen LogP contribution < -0.4 is 10.4 Å². The van der Waals surface area contributed by atoms with Gasteiger partial charge < -0.3 is 25.2 Å². The summed E-state index contributed by atoms with van der Waals surface area (Å²) in [5.41, 5.74) is 0.805. The first-order valence-corrected chi connectivity index (χ1v) is 10.0. The number of thioether (sulfide) groups is 1. The molecule has 8 nitrogen and oxygen atoms in total. The number of piperidine rings is 2. The van der Waals surface area contributed by atoms with E-state index >= 15 is 0 Å². The summed E-state index contributed by atoms with van der Waals surface area (Å²) in [6, 6.07) is 3.83. The Hall–Kier alpha value is -2.13. The molecule has 0 aliphatic carbocycles. The average molecular weight is 395 g/mol. The van der Waals surface area contributed by atoms with E-state index in [2.05, 4.69) is 10.3 Å². The van der Waals surface area contributed by atoms with Crippen molar-refractivity contribution in [3.05, 3.63) is 23.9 Å². The van der Waals surface area contributed by atoms with E-state index in [0.717, 1.165) is 36.5 Å². The zero-order valence-corrected chi connectivity index (χ0v) is 16.0. The van der Waals surface area contributed by atoms with E-state index in [1.54, 1.807) is 11.8 Å². The van der Waals surface area contributed by atoms with Gasteiger partial charge in [0.2, 0.25) is 0 Å². The summed E-state index contributed by atoms with van der Waals surface area (Å²) < 4.78 is 0. The highest BCUT2D eigenvalue weighted by Crippen LogP contribution is 2.29. The number of carbonyl (C=O) groups excluding carboxylic acids is 2. The van der Waals surface area contributed by atoms with Crippen molar-refractivity contribution in [1.82, 2.24) is 9.88 Å². The fourth-order valence-corrected chi connectivity index (χ4v) is 4.31. The third kappa shape index (κ3) is 6.84. The second-order valence-corrected chi connectivity index (χ2v) is 7.77. The van der Waals surface area contributed by atoms with Crippen LogP contribution in [0.25, 0.3) is 0 Å². The molecule has 0 aromatic carbocycles. The Bertz CT molecular complexity index is 646. The maximum Gasteiger partial charge on any atom is 0.351 e. The van der Waals surface area contributed by atoms with Crippen LogP contribution in [-0.2, 0) is 9.59 Å². The molecule has 0 unspecified atom stereocenters. The molecule has 0 saturated carbocycles. The van der Waals surface area contributed by atoms with E-state index < -0.39 is 11.9 Å². The molecule has 3 N–H and O–H groups in total. The Morgan fingerprint density at radius 1 is 1.19 bits per heavy atom. The molecule has 9 heteroatoms. The van der Waals surface area contributed by atoms with Crippen LogP contribution in [0.3, 0.4) is 0 Å². The Balaban J connectivity index is 0.000000380. The minimum absolute atomic E-state index is 0.174. The van der Waals surface area contributed by atoms with Gasteiger partial charge in [-0.15, -0.1) is 11.8 Å². The highest BCUT2D eigenvalue weighted by molar-refractivity contribution is 7.99. The molecule has 2 fully saturated rings. The van der Waals surface area contributed by atoms with Crippen molar-refractivity contribution in [2.75, 3.05) is 26.2 Å². The van der Waals surface area contributed by atoms with Crippen LogP contribution in [0, 0.1) is 0 Å². The number of carbonyl (C=O) groups is 3. The van der Waals surface area contributed by atoms with Crippen LogP contribution >= 0.6 is 11.8 Å². The van der Waals surface area contributed by atoms with Gasteiger partial charge in [0.25, 0.3) is 5.91 Å². The highest BCUT2D eigenvalue weighted by atomic mass is 32.2. The monoisotopic (exact) mass is 395 g/mol. The van der Waals surface area contributed by atoms with Gasteiger partial charge >= 0.3 is 5.97 Å². The number of quaternary nitrogens is 1. The summed E-state index contributed by atoms with van der Waals surface area (Å²) in [7, 11) is 0. The molecule has 148 valence electrons. The fraction of sp³-hybridized carbons (Fsp3) is 0.556. The van der Waals surface area contributed by atoms with Crippen molar-refractivity contribution in [3.8, 4) is 0 Å². The number of nitrogens with zero attached hydrogens (tertiary/aromatic N) is 2. The summed E-state index contributed by atoms with van der Waals surface area (Å²) >= 11 is 1.80. The van der Waals surface area contributed by atoms with E-state index in [0.29, 0.717) is 5.25 Å². The molecule has 0 bridgehead atoms. The van der Waals surface area contributed by atoms with Crippen molar-refractivity contribution in [2.24, 2.45) is 0 Å². The van der Waals surface area contributed by atoms with E-state index in [1.807, 2.05) is 23.2 Å². The topological polar surface area (TPSA) is 127 Å². The standard InChI is InChI=1S/C16H23N3OS.C2H2O4/c20-16(19-11-2-1-3-12-19)14-5-4-8-18-15(14)21-13-6-9-17-10-7-13;3-1(4)2(5)6/h4-5,8,13,17H,1-3,6-7,9-12H2;(H,3,4)(H,5,6). The van der Waals surface area contributed by atoms with Crippen molar-refractivity contribution in [3.63, 3.8) is 0 Å². The van der Waals surface area contributed by atoms with Gasteiger partial charge in [-0.25, -0.2) is 9.78 Å². The van der Waals surface area contributed by atoms with Gasteiger partial charge in [-0.3, -0.25) is 4.79 Å². The molecule has 1 amide bonds. The second kappa shape index (κ2) is 10.9. The number of carboxylic acids is 2. The molecule has 2 saturated heterocycles. The second-order valence-electron chi connectivity index (χ2n) is 6.48. The van der Waals surface area contributed by atoms with Gasteiger partial charge in [-0.05, 0) is 31.4 Å². The number of hydrogen-bond acceptors (Lipinski definition) is 6. The molecule has 3 heterocycles. The van der Waals surface area contributed by atoms with Crippen molar-refractivity contribution in [2.45, 2.75) is 42.4 Å². The molecular formula is C18H25N3O5S. The largest absolute Gasteiger partial charge is 0.539 e. The minimum atomic E-state index is -2.07. The summed E-state index contributed by atoms with van der Waals surface area (Å²) in [5.74, 6) is -3.84. The number of carboxylic acid groups (broad SMARTS) is 2. The first-order valence-electron chi connectivity index (χ1n) is 9.16. The third-order valence-corrected chi connectivity index (χ3v) is 5.84. The minimum Gasteiger partial charge on any atom is -0.539 e. The van der Waals surface area contributed by atoms with Gasteiger partial charge in [0.05, 0.1) is 18.7 Å². The molecule has 0 radical (unpaired) electrons. The van der Waals surface area contributed by atoms with Crippen LogP contribution in [0.1, 0.15) is 42.5 Å². The molecular weight excluding hydrogens is 370 g/mol. The lowest BCUT2D eigenvalue weighted by Crippen LogP contribution is -2.86. The molecule has 0 atom stereocenters. The number of nitrogens with two attached hydrogens (primary N) is 1. The zero-order valence-electron chi connectivity index (χ0n) is 15.1. The Kier molecular flexibility index (Phi) is 8.53. The van der Waals surface area contributed by atoms with Crippen LogP contribution in [0.15, 0.2) is 23.4 Å². The number of aromatic nitrogens is 1. The number of rotatable bonds is 3. The number of likely N-dealkylation sites (tertiary alicyclic amines) is 1. The van der Waals surface area contributed by atoms with Gasteiger partial charge in [0.15, 0.2) is 5.97 Å². The first kappa shape index (κ1) is 21.2. The number of amides is 1. The average Bonchev–Trinajstić information content (AvgIpc) is 2.70. The molecule has 1 aromatic heterocycles. The highest BCUT2D eigenvalue weighted by Gasteiger charge is 2.24. The van der Waals surface area contributed by atoms with Gasteiger partial charge in [-0.1, -0.05) is 0 Å². The SMILES string of the molecule is O=C([O-])C(=O)O.O=C(c1cccnc1SC1CC[NH2+]CC1)N1CCCCC1. The zero-order chi connectivity index (χ0) is 19.6. The molecule has 1 aromatic rings. The predicted octanol–water partition coefficient (Wildman–Crippen LogP) is -0.653. The predicted molar refractivity (Wildman–Crippen MR) is 97.2 cm³/mol. The van der Waals surface area contributed by atoms with E-state index in [9.17, 15) is 4.79 Å². The van der Waals surface area contributed by atoms with Crippen molar-refractivity contribution < 1.29 is 29.9 Å². The quantitative estimate of drug-likeness (QED) is 0.651. The first-order chi connectivity index (χ1) is 13.0. The lowest BCUT2D eigenvalue weighted by molar-refractivity contribution is -0.661. The molecule has 2 aliphatic rings. The van der Waals surface area contributed by atoms with Gasteiger partial charge in [-0.2, -0.15) is 0 Å². The summed E-state index contributed by atoms with van der Waals surface area (Å²) in [4.78, 5) is 37.2. The lowest BCUT2D eigenvalue weighted by Gasteiger charge is -2.27. The van der Waals surface area contributed by atoms with Crippen LogP contribution in [0.2, 0.25) is 0 Å². The number of hydrogen-bond donors (Lipinski definition) is 2. The van der Waals surface area contributed by atoms with Crippen LogP contribution in [0.4, 0.5) is 0 Å². The normalized spacial score (nSPS) is 17.6. The lowest BCUT2D eigenvalue weighted by atomic mass is 10.1. The van der Waals surface area contributed by atoms with Crippen molar-refractivity contribution >= 4 is 29.6 Å². The summed E-state index contributed by atoms with van der Waals surface area (Å²) in [6.45, 7) is 4.19. The Morgan fingerprint density at radius 2 is 1.81 bits per heavy atom. The van der Waals surface area contributed by atoms with Crippen LogP contribution in [-0.4, -0.2) is 64.3 Å². The van der Waals surface area contributed by atoms with Gasteiger partial charge in [0, 0.05) is 37.4 Å². The maximum atomic E-state index is 12.7.